The molecule has 0 amide bonds. The van der Waals surface area contributed by atoms with E-state index in [1.54, 1.807) is 0 Å². The van der Waals surface area contributed by atoms with Crippen LogP contribution in [-0.4, -0.2) is 25.0 Å². The molecule has 0 N–H and O–H groups in total. The van der Waals surface area contributed by atoms with Gasteiger partial charge in [-0.1, -0.05) is 13.3 Å². The maximum atomic E-state index is 2.50. The largest absolute Gasteiger partial charge is 0.306 e. The molecule has 2 aliphatic rings. The van der Waals surface area contributed by atoms with Gasteiger partial charge in [-0.15, -0.1) is 0 Å². The lowest BCUT2D eigenvalue weighted by Crippen LogP contribution is -2.37. The highest BCUT2D eigenvalue weighted by atomic mass is 15.1. The first-order valence-electron chi connectivity index (χ1n) is 4.96. The number of fused-ring (bicyclic) bond motifs is 1. The number of hydrogen-bond donors (Lipinski definition) is 0. The Morgan fingerprint density at radius 2 is 2.00 bits per heavy atom. The van der Waals surface area contributed by atoms with Crippen LogP contribution in [0.15, 0.2) is 0 Å². The summed E-state index contributed by atoms with van der Waals surface area (Å²) >= 11 is 0. The van der Waals surface area contributed by atoms with E-state index in [4.69, 9.17) is 0 Å². The van der Waals surface area contributed by atoms with Crippen LogP contribution in [0.2, 0.25) is 0 Å². The second-order valence-corrected chi connectivity index (χ2v) is 4.53. The summed E-state index contributed by atoms with van der Waals surface area (Å²) in [4.78, 5) is 2.50. The van der Waals surface area contributed by atoms with Crippen molar-refractivity contribution < 1.29 is 0 Å². The highest BCUT2D eigenvalue weighted by Gasteiger charge is 2.36. The van der Waals surface area contributed by atoms with Gasteiger partial charge >= 0.3 is 0 Å². The summed E-state index contributed by atoms with van der Waals surface area (Å²) in [7, 11) is 2.27. The molecule has 1 saturated heterocycles. The minimum absolute atomic E-state index is 1.00. The van der Waals surface area contributed by atoms with Crippen molar-refractivity contribution in [1.29, 1.82) is 0 Å². The van der Waals surface area contributed by atoms with Gasteiger partial charge in [0.15, 0.2) is 0 Å². The molecule has 1 heteroatoms. The molecule has 0 aromatic heterocycles. The highest BCUT2D eigenvalue weighted by molar-refractivity contribution is 4.87. The number of nitrogens with zero attached hydrogens (tertiary/aromatic N) is 1. The van der Waals surface area contributed by atoms with Crippen LogP contribution in [0.1, 0.15) is 26.2 Å². The molecule has 3 unspecified atom stereocenters. The molecule has 0 bridgehead atoms. The topological polar surface area (TPSA) is 3.24 Å². The predicted octanol–water partition coefficient (Wildman–Crippen LogP) is 1.98. The van der Waals surface area contributed by atoms with Crippen molar-refractivity contribution in [3.8, 4) is 0 Å². The van der Waals surface area contributed by atoms with Gasteiger partial charge in [0.2, 0.25) is 0 Å². The van der Waals surface area contributed by atoms with E-state index in [1.165, 1.54) is 32.4 Å². The average molecular weight is 153 g/mol. The van der Waals surface area contributed by atoms with Gasteiger partial charge in [0.05, 0.1) is 0 Å². The minimum atomic E-state index is 1.00. The van der Waals surface area contributed by atoms with Gasteiger partial charge in [-0.25, -0.2) is 0 Å². The van der Waals surface area contributed by atoms with E-state index >= 15 is 0 Å². The normalized spacial score (nSPS) is 45.8. The van der Waals surface area contributed by atoms with Gasteiger partial charge in [0, 0.05) is 6.54 Å². The van der Waals surface area contributed by atoms with Gasteiger partial charge in [0.25, 0.3) is 0 Å². The van der Waals surface area contributed by atoms with E-state index < -0.39 is 0 Å². The third-order valence-corrected chi connectivity index (χ3v) is 3.73. The first kappa shape index (κ1) is 7.60. The van der Waals surface area contributed by atoms with Crippen LogP contribution < -0.4 is 0 Å². The first-order valence-corrected chi connectivity index (χ1v) is 4.96. The Balaban J connectivity index is 2.01. The summed E-state index contributed by atoms with van der Waals surface area (Å²) in [6, 6.07) is 0. The third kappa shape index (κ3) is 1.31. The van der Waals surface area contributed by atoms with Crippen LogP contribution in [0, 0.1) is 17.8 Å². The molecule has 11 heavy (non-hydrogen) atoms. The summed E-state index contributed by atoms with van der Waals surface area (Å²) in [5.41, 5.74) is 0. The molecule has 1 aliphatic heterocycles. The van der Waals surface area contributed by atoms with Crippen molar-refractivity contribution in [2.75, 3.05) is 20.1 Å². The molecule has 0 aromatic carbocycles. The Morgan fingerprint density at radius 3 is 2.82 bits per heavy atom. The molecular formula is C10H19N. The van der Waals surface area contributed by atoms with Crippen LogP contribution in [-0.2, 0) is 0 Å². The van der Waals surface area contributed by atoms with Gasteiger partial charge in [-0.2, -0.15) is 0 Å². The molecule has 2 rings (SSSR count). The summed E-state index contributed by atoms with van der Waals surface area (Å²) in [6.07, 6.45) is 4.47. The molecule has 1 heterocycles. The zero-order valence-corrected chi connectivity index (χ0v) is 7.71. The van der Waals surface area contributed by atoms with Gasteiger partial charge < -0.3 is 4.90 Å². The van der Waals surface area contributed by atoms with Crippen molar-refractivity contribution >= 4 is 0 Å². The average Bonchev–Trinajstić information content (AvgIpc) is 2.33. The van der Waals surface area contributed by atoms with Crippen molar-refractivity contribution in [1.82, 2.24) is 4.90 Å². The fraction of sp³-hybridized carbons (Fsp3) is 1.00. The lowest BCUT2D eigenvalue weighted by atomic mass is 9.85. The maximum Gasteiger partial charge on any atom is 0.00118 e. The van der Waals surface area contributed by atoms with Crippen molar-refractivity contribution in [2.24, 2.45) is 17.8 Å². The van der Waals surface area contributed by atoms with Gasteiger partial charge in [-0.3, -0.25) is 0 Å². The van der Waals surface area contributed by atoms with E-state index in [9.17, 15) is 0 Å². The highest BCUT2D eigenvalue weighted by Crippen LogP contribution is 2.41. The maximum absolute atomic E-state index is 2.50. The van der Waals surface area contributed by atoms with Crippen LogP contribution in [0.5, 0.6) is 0 Å². The molecule has 0 radical (unpaired) electrons. The molecule has 1 aliphatic carbocycles. The fourth-order valence-corrected chi connectivity index (χ4v) is 2.89. The van der Waals surface area contributed by atoms with Crippen LogP contribution in [0.3, 0.4) is 0 Å². The Bertz CT molecular complexity index is 144. The zero-order chi connectivity index (χ0) is 7.84. The van der Waals surface area contributed by atoms with Crippen molar-refractivity contribution in [3.63, 3.8) is 0 Å². The first-order chi connectivity index (χ1) is 5.27. The lowest BCUT2D eigenvalue weighted by molar-refractivity contribution is 0.144. The Kier molecular flexibility index (Phi) is 1.92. The number of rotatable bonds is 0. The molecular weight excluding hydrogens is 134 g/mol. The second-order valence-electron chi connectivity index (χ2n) is 4.53. The van der Waals surface area contributed by atoms with Crippen molar-refractivity contribution in [3.05, 3.63) is 0 Å². The summed E-state index contributed by atoms with van der Waals surface area (Å²) < 4.78 is 0. The van der Waals surface area contributed by atoms with Gasteiger partial charge in [-0.05, 0) is 44.2 Å². The third-order valence-electron chi connectivity index (χ3n) is 3.73. The molecule has 3 atom stereocenters. The minimum Gasteiger partial charge on any atom is -0.306 e. The molecule has 64 valence electrons. The second kappa shape index (κ2) is 2.78. The van der Waals surface area contributed by atoms with Crippen LogP contribution in [0.4, 0.5) is 0 Å². The predicted molar refractivity (Wildman–Crippen MR) is 47.5 cm³/mol. The molecule has 0 spiro atoms. The van der Waals surface area contributed by atoms with Crippen LogP contribution >= 0.6 is 0 Å². The zero-order valence-electron chi connectivity index (χ0n) is 7.71. The van der Waals surface area contributed by atoms with Crippen LogP contribution in [0.25, 0.3) is 0 Å². The number of hydrogen-bond acceptors (Lipinski definition) is 1. The standard InChI is InChI=1S/C10H19N/c1-8-3-4-9-5-6-11(2)7-10(8)9/h8-10H,3-7H2,1-2H3. The Hall–Kier alpha value is -0.0400. The van der Waals surface area contributed by atoms with Crippen molar-refractivity contribution in [2.45, 2.75) is 26.2 Å². The fourth-order valence-electron chi connectivity index (χ4n) is 2.89. The quantitative estimate of drug-likeness (QED) is 0.514. The van der Waals surface area contributed by atoms with E-state index in [0.717, 1.165) is 17.8 Å². The van der Waals surface area contributed by atoms with E-state index in [1.807, 2.05) is 0 Å². The van der Waals surface area contributed by atoms with Gasteiger partial charge in [0.1, 0.15) is 0 Å². The molecule has 2 fully saturated rings. The SMILES string of the molecule is CC1CCC2CCN(C)CC12. The van der Waals surface area contributed by atoms with E-state index in [0.29, 0.717) is 0 Å². The van der Waals surface area contributed by atoms with E-state index in [2.05, 4.69) is 18.9 Å². The summed E-state index contributed by atoms with van der Waals surface area (Å²) in [5.74, 6) is 3.12. The Morgan fingerprint density at radius 1 is 1.18 bits per heavy atom. The Labute approximate surface area is 69.8 Å². The summed E-state index contributed by atoms with van der Waals surface area (Å²) in [6.45, 7) is 5.14. The molecule has 1 nitrogen and oxygen atoms in total. The number of piperidine rings is 1. The molecule has 0 aromatic rings. The monoisotopic (exact) mass is 153 g/mol. The summed E-state index contributed by atoms with van der Waals surface area (Å²) in [5, 5.41) is 0. The van der Waals surface area contributed by atoms with E-state index in [-0.39, 0.29) is 0 Å². The molecule has 1 saturated carbocycles. The lowest BCUT2D eigenvalue weighted by Gasteiger charge is -2.34. The smallest absolute Gasteiger partial charge is 0.00118 e. The number of likely N-dealkylation sites (tertiary alicyclic amines) is 1.